The summed E-state index contributed by atoms with van der Waals surface area (Å²) in [5.74, 6) is 0.803. The largest absolute Gasteiger partial charge is 0.254 e. The molecule has 0 amide bonds. The standard InChI is InChI=1S/C11H16OS/c1-2-3-7-10-13(12)11-8-5-4-6-9-11/h4-6,8-9H,2-3,7,10H2,1H3/t13-/m1/s1. The second-order valence-electron chi connectivity index (χ2n) is 3.07. The molecule has 1 atom stereocenters. The molecule has 2 heteroatoms. The first-order valence-electron chi connectivity index (χ1n) is 4.78. The number of unbranched alkanes of at least 4 members (excludes halogenated alkanes) is 2. The highest BCUT2D eigenvalue weighted by Gasteiger charge is 2.00. The van der Waals surface area contributed by atoms with E-state index >= 15 is 0 Å². The fourth-order valence-corrected chi connectivity index (χ4v) is 2.34. The predicted molar refractivity (Wildman–Crippen MR) is 57.2 cm³/mol. The predicted octanol–water partition coefficient (Wildman–Crippen LogP) is 2.98. The van der Waals surface area contributed by atoms with E-state index in [0.29, 0.717) is 0 Å². The van der Waals surface area contributed by atoms with Crippen LogP contribution in [0.2, 0.25) is 0 Å². The normalized spacial score (nSPS) is 12.7. The van der Waals surface area contributed by atoms with E-state index in [9.17, 15) is 4.21 Å². The van der Waals surface area contributed by atoms with Gasteiger partial charge in [-0.1, -0.05) is 38.0 Å². The molecular formula is C11H16OS. The number of rotatable bonds is 5. The Kier molecular flexibility index (Phi) is 4.76. The van der Waals surface area contributed by atoms with Gasteiger partial charge in [0.05, 0.1) is 10.8 Å². The Morgan fingerprint density at radius 1 is 1.15 bits per heavy atom. The summed E-state index contributed by atoms with van der Waals surface area (Å²) in [6.07, 6.45) is 3.43. The summed E-state index contributed by atoms with van der Waals surface area (Å²) in [5.41, 5.74) is 0. The summed E-state index contributed by atoms with van der Waals surface area (Å²) in [4.78, 5) is 0.957. The summed E-state index contributed by atoms with van der Waals surface area (Å²) >= 11 is 0. The zero-order valence-corrected chi connectivity index (χ0v) is 8.85. The fourth-order valence-electron chi connectivity index (χ4n) is 1.17. The lowest BCUT2D eigenvalue weighted by molar-refractivity contribution is 0.676. The Labute approximate surface area is 82.6 Å². The smallest absolute Gasteiger partial charge is 0.0529 e. The van der Waals surface area contributed by atoms with E-state index in [4.69, 9.17) is 0 Å². The zero-order valence-electron chi connectivity index (χ0n) is 8.03. The second kappa shape index (κ2) is 5.92. The molecule has 0 aliphatic carbocycles. The van der Waals surface area contributed by atoms with Crippen LogP contribution in [0.5, 0.6) is 0 Å². The van der Waals surface area contributed by atoms with Gasteiger partial charge >= 0.3 is 0 Å². The number of benzene rings is 1. The lowest BCUT2D eigenvalue weighted by Crippen LogP contribution is -1.97. The summed E-state index contributed by atoms with van der Waals surface area (Å²) in [7, 11) is -0.785. The molecule has 0 heterocycles. The molecule has 1 aromatic rings. The van der Waals surface area contributed by atoms with Gasteiger partial charge < -0.3 is 0 Å². The summed E-state index contributed by atoms with van der Waals surface area (Å²) < 4.78 is 11.6. The minimum absolute atomic E-state index is 0.785. The highest BCUT2D eigenvalue weighted by Crippen LogP contribution is 2.07. The van der Waals surface area contributed by atoms with Gasteiger partial charge in [0.25, 0.3) is 0 Å². The van der Waals surface area contributed by atoms with Gasteiger partial charge in [-0.2, -0.15) is 0 Å². The maximum Gasteiger partial charge on any atom is 0.0529 e. The molecule has 1 rings (SSSR count). The van der Waals surface area contributed by atoms with Crippen LogP contribution in [-0.4, -0.2) is 9.96 Å². The van der Waals surface area contributed by atoms with Crippen LogP contribution in [0, 0.1) is 0 Å². The van der Waals surface area contributed by atoms with E-state index in [1.165, 1.54) is 12.8 Å². The van der Waals surface area contributed by atoms with Crippen molar-refractivity contribution in [3.05, 3.63) is 30.3 Å². The lowest BCUT2D eigenvalue weighted by Gasteiger charge is -2.00. The minimum Gasteiger partial charge on any atom is -0.254 e. The van der Waals surface area contributed by atoms with Crippen LogP contribution >= 0.6 is 0 Å². The van der Waals surface area contributed by atoms with Gasteiger partial charge in [0, 0.05) is 10.6 Å². The van der Waals surface area contributed by atoms with Crippen molar-refractivity contribution in [1.29, 1.82) is 0 Å². The van der Waals surface area contributed by atoms with Crippen molar-refractivity contribution in [1.82, 2.24) is 0 Å². The van der Waals surface area contributed by atoms with Crippen molar-refractivity contribution in [2.75, 3.05) is 5.75 Å². The van der Waals surface area contributed by atoms with Crippen LogP contribution in [0.15, 0.2) is 35.2 Å². The average Bonchev–Trinajstić information content (AvgIpc) is 2.19. The summed E-state index contributed by atoms with van der Waals surface area (Å²) in [5, 5.41) is 0. The SMILES string of the molecule is CCCCC[S@@](=O)c1ccccc1. The lowest BCUT2D eigenvalue weighted by atomic mass is 10.3. The first-order valence-corrected chi connectivity index (χ1v) is 6.10. The molecule has 0 saturated carbocycles. The molecule has 0 saturated heterocycles. The van der Waals surface area contributed by atoms with E-state index in [2.05, 4.69) is 6.92 Å². The van der Waals surface area contributed by atoms with Gasteiger partial charge in [0.2, 0.25) is 0 Å². The fraction of sp³-hybridized carbons (Fsp3) is 0.455. The quantitative estimate of drug-likeness (QED) is 0.662. The van der Waals surface area contributed by atoms with Crippen LogP contribution < -0.4 is 0 Å². The van der Waals surface area contributed by atoms with Crippen molar-refractivity contribution < 1.29 is 4.21 Å². The molecule has 0 N–H and O–H groups in total. The van der Waals surface area contributed by atoms with Gasteiger partial charge in [0.15, 0.2) is 0 Å². The van der Waals surface area contributed by atoms with Crippen molar-refractivity contribution in [2.24, 2.45) is 0 Å². The third-order valence-electron chi connectivity index (χ3n) is 1.94. The minimum atomic E-state index is -0.785. The molecule has 0 radical (unpaired) electrons. The van der Waals surface area contributed by atoms with E-state index in [0.717, 1.165) is 17.1 Å². The van der Waals surface area contributed by atoms with Gasteiger partial charge in [-0.05, 0) is 18.6 Å². The zero-order chi connectivity index (χ0) is 9.52. The van der Waals surface area contributed by atoms with Crippen molar-refractivity contribution in [3.63, 3.8) is 0 Å². The van der Waals surface area contributed by atoms with Gasteiger partial charge in [-0.15, -0.1) is 0 Å². The van der Waals surface area contributed by atoms with Crippen LogP contribution in [-0.2, 0) is 10.8 Å². The number of hydrogen-bond donors (Lipinski definition) is 0. The molecule has 0 fully saturated rings. The molecule has 0 aromatic heterocycles. The molecule has 0 bridgehead atoms. The number of hydrogen-bond acceptors (Lipinski definition) is 1. The van der Waals surface area contributed by atoms with Crippen molar-refractivity contribution in [3.8, 4) is 0 Å². The second-order valence-corrected chi connectivity index (χ2v) is 4.64. The Hall–Kier alpha value is -0.630. The molecule has 1 aromatic carbocycles. The van der Waals surface area contributed by atoms with Crippen LogP contribution in [0.1, 0.15) is 26.2 Å². The maximum atomic E-state index is 11.6. The van der Waals surface area contributed by atoms with Crippen molar-refractivity contribution >= 4 is 10.8 Å². The molecule has 0 unspecified atom stereocenters. The topological polar surface area (TPSA) is 17.1 Å². The first kappa shape index (κ1) is 10.5. The Morgan fingerprint density at radius 3 is 2.46 bits per heavy atom. The van der Waals surface area contributed by atoms with Gasteiger partial charge in [-0.3, -0.25) is 4.21 Å². The molecule has 0 aliphatic heterocycles. The highest BCUT2D eigenvalue weighted by atomic mass is 32.2. The van der Waals surface area contributed by atoms with E-state index in [1.807, 2.05) is 30.3 Å². The molecular weight excluding hydrogens is 180 g/mol. The maximum absolute atomic E-state index is 11.6. The average molecular weight is 196 g/mol. The van der Waals surface area contributed by atoms with Crippen LogP contribution in [0.4, 0.5) is 0 Å². The van der Waals surface area contributed by atoms with E-state index in [1.54, 1.807) is 0 Å². The molecule has 13 heavy (non-hydrogen) atoms. The van der Waals surface area contributed by atoms with E-state index < -0.39 is 10.8 Å². The third kappa shape index (κ3) is 3.73. The van der Waals surface area contributed by atoms with Crippen LogP contribution in [0.3, 0.4) is 0 Å². The Morgan fingerprint density at radius 2 is 1.85 bits per heavy atom. The third-order valence-corrected chi connectivity index (χ3v) is 3.40. The summed E-state index contributed by atoms with van der Waals surface area (Å²) in [6.45, 7) is 2.16. The Bertz CT molecular complexity index is 256. The van der Waals surface area contributed by atoms with E-state index in [-0.39, 0.29) is 0 Å². The van der Waals surface area contributed by atoms with Gasteiger partial charge in [0.1, 0.15) is 0 Å². The van der Waals surface area contributed by atoms with Crippen LogP contribution in [0.25, 0.3) is 0 Å². The molecule has 72 valence electrons. The highest BCUT2D eigenvalue weighted by molar-refractivity contribution is 7.85. The van der Waals surface area contributed by atoms with Crippen molar-refractivity contribution in [2.45, 2.75) is 31.1 Å². The molecule has 0 aliphatic rings. The molecule has 0 spiro atoms. The monoisotopic (exact) mass is 196 g/mol. The summed E-state index contributed by atoms with van der Waals surface area (Å²) in [6, 6.07) is 9.69. The Balaban J connectivity index is 2.40. The first-order chi connectivity index (χ1) is 6.34. The van der Waals surface area contributed by atoms with Gasteiger partial charge in [-0.25, -0.2) is 0 Å². The molecule has 1 nitrogen and oxygen atoms in total.